The Morgan fingerprint density at radius 2 is 1.82 bits per heavy atom. The van der Waals surface area contributed by atoms with Gasteiger partial charge in [0.05, 0.1) is 5.60 Å². The second kappa shape index (κ2) is 8.10. The Morgan fingerprint density at radius 1 is 1.18 bits per heavy atom. The van der Waals surface area contributed by atoms with Crippen LogP contribution in [0.25, 0.3) is 0 Å². The van der Waals surface area contributed by atoms with Crippen molar-refractivity contribution in [2.45, 2.75) is 70.8 Å². The number of nitrogens with one attached hydrogen (secondary N) is 1. The first-order chi connectivity index (χ1) is 8.22. The minimum atomic E-state index is 0.132. The third-order valence-corrected chi connectivity index (χ3v) is 3.97. The molecular weight excluding hydrogens is 210 g/mol. The summed E-state index contributed by atoms with van der Waals surface area (Å²) in [5, 5.41) is 3.34. The molecule has 0 aromatic rings. The Bertz CT molecular complexity index is 185. The van der Waals surface area contributed by atoms with E-state index in [4.69, 9.17) is 4.74 Å². The lowest BCUT2D eigenvalue weighted by atomic mass is 9.93. The first kappa shape index (κ1) is 15.0. The molecule has 0 heterocycles. The minimum Gasteiger partial charge on any atom is -0.373 e. The van der Waals surface area contributed by atoms with Crippen LogP contribution in [-0.2, 0) is 4.74 Å². The highest BCUT2D eigenvalue weighted by Crippen LogP contribution is 2.30. The van der Waals surface area contributed by atoms with Gasteiger partial charge in [-0.15, -0.1) is 0 Å². The minimum absolute atomic E-state index is 0.132. The topological polar surface area (TPSA) is 21.3 Å². The van der Waals surface area contributed by atoms with Crippen LogP contribution < -0.4 is 5.32 Å². The normalized spacial score (nSPS) is 22.1. The Balaban J connectivity index is 2.45. The van der Waals surface area contributed by atoms with Crippen LogP contribution in [0.1, 0.15) is 65.2 Å². The van der Waals surface area contributed by atoms with Crippen molar-refractivity contribution in [3.63, 3.8) is 0 Å². The third-order valence-electron chi connectivity index (χ3n) is 3.97. The molecule has 1 aliphatic rings. The summed E-state index contributed by atoms with van der Waals surface area (Å²) in [5.41, 5.74) is 0.132. The molecule has 1 rings (SSSR count). The lowest BCUT2D eigenvalue weighted by Crippen LogP contribution is -2.42. The summed E-state index contributed by atoms with van der Waals surface area (Å²) in [7, 11) is 2.05. The van der Waals surface area contributed by atoms with Crippen LogP contribution in [0.3, 0.4) is 0 Å². The SMILES string of the molecule is CCCC(C)COC1(CNC)CCCCCC1. The van der Waals surface area contributed by atoms with Crippen LogP contribution in [-0.4, -0.2) is 25.8 Å². The van der Waals surface area contributed by atoms with E-state index in [2.05, 4.69) is 19.2 Å². The van der Waals surface area contributed by atoms with E-state index in [9.17, 15) is 0 Å². The Morgan fingerprint density at radius 3 is 2.35 bits per heavy atom. The number of rotatable bonds is 7. The Hall–Kier alpha value is -0.0800. The van der Waals surface area contributed by atoms with Crippen molar-refractivity contribution in [1.82, 2.24) is 5.32 Å². The average molecular weight is 241 g/mol. The molecule has 0 saturated heterocycles. The summed E-state index contributed by atoms with van der Waals surface area (Å²) in [4.78, 5) is 0. The molecule has 1 aliphatic carbocycles. The highest BCUT2D eigenvalue weighted by molar-refractivity contribution is 4.85. The van der Waals surface area contributed by atoms with Crippen LogP contribution in [0.5, 0.6) is 0 Å². The molecule has 2 nitrogen and oxygen atoms in total. The van der Waals surface area contributed by atoms with Gasteiger partial charge in [0.1, 0.15) is 0 Å². The van der Waals surface area contributed by atoms with E-state index >= 15 is 0 Å². The van der Waals surface area contributed by atoms with Crippen molar-refractivity contribution in [2.75, 3.05) is 20.2 Å². The monoisotopic (exact) mass is 241 g/mol. The van der Waals surface area contributed by atoms with Gasteiger partial charge >= 0.3 is 0 Å². The van der Waals surface area contributed by atoms with E-state index in [1.165, 1.54) is 51.4 Å². The maximum absolute atomic E-state index is 6.34. The molecule has 1 fully saturated rings. The van der Waals surface area contributed by atoms with Gasteiger partial charge in [0.15, 0.2) is 0 Å². The van der Waals surface area contributed by atoms with E-state index in [1.54, 1.807) is 0 Å². The maximum Gasteiger partial charge on any atom is 0.0806 e. The molecule has 0 spiro atoms. The van der Waals surface area contributed by atoms with Gasteiger partial charge in [0.25, 0.3) is 0 Å². The highest BCUT2D eigenvalue weighted by atomic mass is 16.5. The zero-order valence-electron chi connectivity index (χ0n) is 12.1. The molecule has 1 unspecified atom stereocenters. The summed E-state index contributed by atoms with van der Waals surface area (Å²) < 4.78 is 6.34. The van der Waals surface area contributed by atoms with Gasteiger partial charge in [-0.3, -0.25) is 0 Å². The summed E-state index contributed by atoms with van der Waals surface area (Å²) in [6.45, 7) is 6.53. The van der Waals surface area contributed by atoms with Gasteiger partial charge in [-0.1, -0.05) is 46.0 Å². The van der Waals surface area contributed by atoms with Gasteiger partial charge in [-0.05, 0) is 32.2 Å². The fraction of sp³-hybridized carbons (Fsp3) is 1.00. The summed E-state index contributed by atoms with van der Waals surface area (Å²) >= 11 is 0. The highest BCUT2D eigenvalue weighted by Gasteiger charge is 2.31. The van der Waals surface area contributed by atoms with Gasteiger partial charge in [-0.25, -0.2) is 0 Å². The molecule has 1 N–H and O–H groups in total. The lowest BCUT2D eigenvalue weighted by molar-refractivity contribution is -0.0672. The first-order valence-corrected chi connectivity index (χ1v) is 7.51. The van der Waals surface area contributed by atoms with E-state index in [-0.39, 0.29) is 5.60 Å². The Kier molecular flexibility index (Phi) is 7.14. The fourth-order valence-electron chi connectivity index (χ4n) is 2.96. The van der Waals surface area contributed by atoms with Crippen molar-refractivity contribution in [2.24, 2.45) is 5.92 Å². The molecule has 2 heteroatoms. The van der Waals surface area contributed by atoms with E-state index in [0.717, 1.165) is 13.2 Å². The van der Waals surface area contributed by atoms with Gasteiger partial charge in [-0.2, -0.15) is 0 Å². The zero-order valence-corrected chi connectivity index (χ0v) is 12.1. The second-order valence-electron chi connectivity index (χ2n) is 5.83. The van der Waals surface area contributed by atoms with Crippen molar-refractivity contribution < 1.29 is 4.74 Å². The number of likely N-dealkylation sites (N-methyl/N-ethyl adjacent to an activating group) is 1. The summed E-state index contributed by atoms with van der Waals surface area (Å²) in [6.07, 6.45) is 10.5. The van der Waals surface area contributed by atoms with Crippen LogP contribution >= 0.6 is 0 Å². The lowest BCUT2D eigenvalue weighted by Gasteiger charge is -2.34. The van der Waals surface area contributed by atoms with Crippen LogP contribution in [0, 0.1) is 5.92 Å². The quantitative estimate of drug-likeness (QED) is 0.685. The fourth-order valence-corrected chi connectivity index (χ4v) is 2.96. The molecule has 1 atom stereocenters. The second-order valence-corrected chi connectivity index (χ2v) is 5.83. The van der Waals surface area contributed by atoms with E-state index in [0.29, 0.717) is 5.92 Å². The maximum atomic E-state index is 6.34. The first-order valence-electron chi connectivity index (χ1n) is 7.51. The molecule has 1 saturated carbocycles. The number of hydrogen-bond donors (Lipinski definition) is 1. The summed E-state index contributed by atoms with van der Waals surface area (Å²) in [5.74, 6) is 0.706. The van der Waals surface area contributed by atoms with E-state index in [1.807, 2.05) is 7.05 Å². The number of ether oxygens (including phenoxy) is 1. The predicted molar refractivity (Wildman–Crippen MR) is 74.4 cm³/mol. The Labute approximate surface area is 108 Å². The van der Waals surface area contributed by atoms with Crippen LogP contribution in [0.15, 0.2) is 0 Å². The molecular formula is C15H31NO. The summed E-state index contributed by atoms with van der Waals surface area (Å²) in [6, 6.07) is 0. The molecule has 0 aromatic carbocycles. The van der Waals surface area contributed by atoms with E-state index < -0.39 is 0 Å². The number of hydrogen-bond acceptors (Lipinski definition) is 2. The molecule has 0 amide bonds. The third kappa shape index (κ3) is 5.39. The van der Waals surface area contributed by atoms with Crippen molar-refractivity contribution >= 4 is 0 Å². The van der Waals surface area contributed by atoms with Gasteiger partial charge in [0, 0.05) is 13.2 Å². The molecule has 0 aromatic heterocycles. The smallest absolute Gasteiger partial charge is 0.0806 e. The largest absolute Gasteiger partial charge is 0.373 e. The molecule has 102 valence electrons. The predicted octanol–water partition coefficient (Wildman–Crippen LogP) is 3.75. The van der Waals surface area contributed by atoms with Crippen molar-refractivity contribution in [3.05, 3.63) is 0 Å². The molecule has 0 aliphatic heterocycles. The standard InChI is InChI=1S/C15H31NO/c1-4-9-14(2)12-17-15(13-16-3)10-7-5-6-8-11-15/h14,16H,4-13H2,1-3H3. The van der Waals surface area contributed by atoms with Crippen LogP contribution in [0.2, 0.25) is 0 Å². The zero-order chi connectivity index (χ0) is 12.6. The molecule has 0 bridgehead atoms. The van der Waals surface area contributed by atoms with Crippen LogP contribution in [0.4, 0.5) is 0 Å². The molecule has 0 radical (unpaired) electrons. The average Bonchev–Trinajstić information content (AvgIpc) is 2.54. The van der Waals surface area contributed by atoms with Gasteiger partial charge in [0.2, 0.25) is 0 Å². The molecule has 17 heavy (non-hydrogen) atoms. The van der Waals surface area contributed by atoms with Gasteiger partial charge < -0.3 is 10.1 Å². The van der Waals surface area contributed by atoms with Crippen molar-refractivity contribution in [3.8, 4) is 0 Å². The van der Waals surface area contributed by atoms with Crippen molar-refractivity contribution in [1.29, 1.82) is 0 Å².